The molecular weight excluding hydrogens is 322 g/mol. The highest BCUT2D eigenvalue weighted by Crippen LogP contribution is 2.17. The third kappa shape index (κ3) is 5.13. The van der Waals surface area contributed by atoms with Gasteiger partial charge in [-0.15, -0.1) is 0 Å². The summed E-state index contributed by atoms with van der Waals surface area (Å²) in [5.74, 6) is -2.81. The minimum Gasteiger partial charge on any atom is -1.00 e. The number of carbonyl (C=O) groups excluding carboxylic acids is 1. The van der Waals surface area contributed by atoms with Crippen LogP contribution in [0, 0.1) is 23.3 Å². The second-order valence-electron chi connectivity index (χ2n) is 4.18. The van der Waals surface area contributed by atoms with Gasteiger partial charge >= 0.3 is 0 Å². The minimum atomic E-state index is -0.824. The molecule has 0 spiro atoms. The second kappa shape index (κ2) is 9.17. The molecule has 2 rings (SSSR count). The van der Waals surface area contributed by atoms with Crippen LogP contribution in [0.15, 0.2) is 36.4 Å². The zero-order chi connectivity index (χ0) is 16.0. The quantitative estimate of drug-likeness (QED) is 0.651. The third-order valence-electron chi connectivity index (χ3n) is 2.57. The summed E-state index contributed by atoms with van der Waals surface area (Å²) in [5.41, 5.74) is 4.78. The number of hydrogen-bond acceptors (Lipinski definition) is 2. The molecule has 22 heavy (non-hydrogen) atoms. The molecule has 2 nitrogen and oxygen atoms in total. The van der Waals surface area contributed by atoms with Crippen molar-refractivity contribution in [3.63, 3.8) is 0 Å². The summed E-state index contributed by atoms with van der Waals surface area (Å²) in [6.07, 6.45) is 0.157. The van der Waals surface area contributed by atoms with Gasteiger partial charge in [-0.1, -0.05) is 12.1 Å². The van der Waals surface area contributed by atoms with Gasteiger partial charge in [0.2, 0.25) is 0 Å². The van der Waals surface area contributed by atoms with Crippen LogP contribution in [0.5, 0.6) is 0 Å². The first-order valence-electron chi connectivity index (χ1n) is 5.97. The van der Waals surface area contributed by atoms with Crippen molar-refractivity contribution >= 4 is 6.29 Å². The van der Waals surface area contributed by atoms with Crippen LogP contribution in [-0.2, 0) is 0 Å². The predicted octanol–water partition coefficient (Wildman–Crippen LogP) is 0.766. The highest BCUT2D eigenvalue weighted by molar-refractivity contribution is 5.75. The van der Waals surface area contributed by atoms with Crippen molar-refractivity contribution in [1.29, 1.82) is 0 Å². The maximum absolute atomic E-state index is 12.8. The summed E-state index contributed by atoms with van der Waals surface area (Å²) >= 11 is 0. The zero-order valence-corrected chi connectivity index (χ0v) is 12.3. The van der Waals surface area contributed by atoms with Crippen LogP contribution >= 0.6 is 0 Å². The Labute approximate surface area is 131 Å². The van der Waals surface area contributed by atoms with Crippen molar-refractivity contribution < 1.29 is 34.8 Å². The molecule has 0 bridgehead atoms. The molecule has 7 heteroatoms. The van der Waals surface area contributed by atoms with E-state index in [1.807, 2.05) is 0 Å². The maximum atomic E-state index is 12.8. The molecule has 0 radical (unpaired) electrons. The Morgan fingerprint density at radius 1 is 0.909 bits per heavy atom. The normalized spacial score (nSPS) is 10.8. The van der Waals surface area contributed by atoms with Gasteiger partial charge < -0.3 is 18.1 Å². The van der Waals surface area contributed by atoms with Crippen molar-refractivity contribution in [2.45, 2.75) is 13.0 Å². The van der Waals surface area contributed by atoms with Crippen molar-refractivity contribution in [3.05, 3.63) is 70.8 Å². The van der Waals surface area contributed by atoms with Crippen molar-refractivity contribution in [3.8, 4) is 0 Å². The molecule has 0 aromatic heterocycles. The number of nitrogens with two attached hydrogens (primary N) is 1. The van der Waals surface area contributed by atoms with Crippen LogP contribution in [0.25, 0.3) is 0 Å². The smallest absolute Gasteiger partial charge is 0.155 e. The van der Waals surface area contributed by atoms with E-state index >= 15 is 0 Å². The lowest BCUT2D eigenvalue weighted by atomic mass is 10.1. The van der Waals surface area contributed by atoms with Crippen molar-refractivity contribution in [2.24, 2.45) is 5.73 Å². The Morgan fingerprint density at radius 2 is 1.27 bits per heavy atom. The summed E-state index contributed by atoms with van der Waals surface area (Å²) in [6, 6.07) is 6.38. The fourth-order valence-electron chi connectivity index (χ4n) is 1.57. The van der Waals surface area contributed by atoms with E-state index in [4.69, 9.17) is 5.73 Å². The van der Waals surface area contributed by atoms with Gasteiger partial charge in [0, 0.05) is 11.6 Å². The molecule has 0 amide bonds. The minimum absolute atomic E-state index is 0. The van der Waals surface area contributed by atoms with Gasteiger partial charge in [0.25, 0.3) is 0 Å². The highest BCUT2D eigenvalue weighted by atomic mass is 35.5. The van der Waals surface area contributed by atoms with Gasteiger partial charge in [-0.2, -0.15) is 0 Å². The number of aldehydes is 1. The summed E-state index contributed by atoms with van der Waals surface area (Å²) in [4.78, 5) is 9.97. The molecule has 2 aromatic rings. The lowest BCUT2D eigenvalue weighted by molar-refractivity contribution is -0.0000138. The third-order valence-corrected chi connectivity index (χ3v) is 2.57. The van der Waals surface area contributed by atoms with Crippen molar-refractivity contribution in [2.75, 3.05) is 0 Å². The molecule has 2 N–H and O–H groups in total. The van der Waals surface area contributed by atoms with Crippen LogP contribution in [0.3, 0.4) is 0 Å². The molecule has 120 valence electrons. The zero-order valence-electron chi connectivity index (χ0n) is 11.5. The van der Waals surface area contributed by atoms with Gasteiger partial charge in [0.1, 0.15) is 23.3 Å². The van der Waals surface area contributed by atoms with Gasteiger partial charge in [0.15, 0.2) is 6.29 Å². The molecule has 0 heterocycles. The molecule has 0 saturated heterocycles. The maximum Gasteiger partial charge on any atom is 0.155 e. The Morgan fingerprint density at radius 3 is 1.50 bits per heavy atom. The van der Waals surface area contributed by atoms with Gasteiger partial charge in [-0.05, 0) is 31.2 Å². The Hall–Kier alpha value is -1.92. The van der Waals surface area contributed by atoms with Crippen LogP contribution < -0.4 is 18.1 Å². The number of hydrogen-bond donors (Lipinski definition) is 1. The SMILES string of the molecule is C[C@H](N)c1c(F)cccc1F.O=Cc1c(F)cccc1F.[Cl-]. The first kappa shape index (κ1) is 20.1. The Kier molecular flexibility index (Phi) is 8.37. The number of benzene rings is 2. The Bertz CT molecular complexity index is 594. The Balaban J connectivity index is 0.000000385. The predicted molar refractivity (Wildman–Crippen MR) is 70.7 cm³/mol. The molecule has 0 fully saturated rings. The molecular formula is C15H13ClF4NO-. The first-order valence-corrected chi connectivity index (χ1v) is 5.97. The van der Waals surface area contributed by atoms with Crippen LogP contribution in [0.1, 0.15) is 28.9 Å². The van der Waals surface area contributed by atoms with Crippen LogP contribution in [-0.4, -0.2) is 6.29 Å². The van der Waals surface area contributed by atoms with E-state index in [9.17, 15) is 22.4 Å². The lowest BCUT2D eigenvalue weighted by Crippen LogP contribution is -3.00. The van der Waals surface area contributed by atoms with E-state index in [-0.39, 0.29) is 24.3 Å². The van der Waals surface area contributed by atoms with Gasteiger partial charge in [0.05, 0.1) is 5.56 Å². The molecule has 0 unspecified atom stereocenters. The highest BCUT2D eigenvalue weighted by Gasteiger charge is 2.11. The van der Waals surface area contributed by atoms with Crippen LogP contribution in [0.4, 0.5) is 17.6 Å². The summed E-state index contributed by atoms with van der Waals surface area (Å²) in [7, 11) is 0. The first-order chi connectivity index (χ1) is 9.88. The average Bonchev–Trinajstić information content (AvgIpc) is 2.39. The average molecular weight is 335 g/mol. The standard InChI is InChI=1S/C8H9F2N.C7H4F2O.ClH/c1-5(11)8-6(9)3-2-4-7(8)10;8-6-2-1-3-7(9)5(6)4-10;/h2-5H,11H2,1H3;1-4H;1H/p-1/t5-;;/m0../s1. The topological polar surface area (TPSA) is 43.1 Å². The van der Waals surface area contributed by atoms with Gasteiger partial charge in [-0.25, -0.2) is 17.6 Å². The van der Waals surface area contributed by atoms with E-state index in [2.05, 4.69) is 0 Å². The fourth-order valence-corrected chi connectivity index (χ4v) is 1.57. The molecule has 1 atom stereocenters. The summed E-state index contributed by atoms with van der Waals surface area (Å²) in [6.45, 7) is 1.54. The summed E-state index contributed by atoms with van der Waals surface area (Å²) in [5, 5.41) is 0. The molecule has 0 saturated carbocycles. The fraction of sp³-hybridized carbons (Fsp3) is 0.133. The lowest BCUT2D eigenvalue weighted by Gasteiger charge is -2.06. The van der Waals surface area contributed by atoms with E-state index in [1.54, 1.807) is 6.92 Å². The number of rotatable bonds is 2. The van der Waals surface area contributed by atoms with Crippen molar-refractivity contribution in [1.82, 2.24) is 0 Å². The molecule has 0 aliphatic carbocycles. The van der Waals surface area contributed by atoms with E-state index in [0.29, 0.717) is 0 Å². The van der Waals surface area contributed by atoms with E-state index in [1.165, 1.54) is 24.3 Å². The second-order valence-corrected chi connectivity index (χ2v) is 4.18. The molecule has 2 aromatic carbocycles. The molecule has 0 aliphatic heterocycles. The monoisotopic (exact) mass is 334 g/mol. The van der Waals surface area contributed by atoms with Crippen LogP contribution in [0.2, 0.25) is 0 Å². The van der Waals surface area contributed by atoms with Gasteiger partial charge in [-0.3, -0.25) is 4.79 Å². The number of halogens is 5. The van der Waals surface area contributed by atoms with E-state index < -0.39 is 34.9 Å². The van der Waals surface area contributed by atoms with E-state index in [0.717, 1.165) is 12.1 Å². The summed E-state index contributed by atoms with van der Waals surface area (Å²) < 4.78 is 50.3. The largest absolute Gasteiger partial charge is 1.00 e. The number of carbonyl (C=O) groups is 1. The molecule has 0 aliphatic rings.